The molecule has 0 aliphatic carbocycles. The lowest BCUT2D eigenvalue weighted by molar-refractivity contribution is 1.33. The molecular formula is C32H32Br2N2S2. The molecular weight excluding hydrogens is 636 g/mol. The first-order valence-electron chi connectivity index (χ1n) is 12.4. The predicted octanol–water partition coefficient (Wildman–Crippen LogP) is 10.8. The maximum Gasteiger partial charge on any atom is 0.111 e. The molecule has 0 unspecified atom stereocenters. The molecule has 0 aliphatic heterocycles. The summed E-state index contributed by atoms with van der Waals surface area (Å²) in [4.78, 5) is 5.66. The third-order valence-corrected chi connectivity index (χ3v) is 8.03. The summed E-state index contributed by atoms with van der Waals surface area (Å²) in [7, 11) is 0. The van der Waals surface area contributed by atoms with E-state index in [4.69, 9.17) is 17.2 Å². The highest BCUT2D eigenvalue weighted by Crippen LogP contribution is 2.27. The highest BCUT2D eigenvalue weighted by Gasteiger charge is 2.08. The highest BCUT2D eigenvalue weighted by molar-refractivity contribution is 9.10. The van der Waals surface area contributed by atoms with Crippen LogP contribution in [0.15, 0.2) is 98.9 Å². The Bertz CT molecular complexity index is 1410. The highest BCUT2D eigenvalue weighted by atomic mass is 79.9. The lowest BCUT2D eigenvalue weighted by Crippen LogP contribution is -2.12. The number of aliphatic imine (C=N–C) groups is 1. The average Bonchev–Trinajstić information content (AvgIpc) is 2.88. The monoisotopic (exact) mass is 666 g/mol. The number of nitrogens with one attached hydrogen (secondary N) is 1. The van der Waals surface area contributed by atoms with Crippen molar-refractivity contribution in [2.24, 2.45) is 4.99 Å². The second-order valence-electron chi connectivity index (χ2n) is 8.83. The fourth-order valence-electron chi connectivity index (χ4n) is 3.85. The Hall–Kier alpha value is -2.25. The Morgan fingerprint density at radius 1 is 0.737 bits per heavy atom. The van der Waals surface area contributed by atoms with Gasteiger partial charge >= 0.3 is 0 Å². The van der Waals surface area contributed by atoms with E-state index in [-0.39, 0.29) is 0 Å². The standard InChI is InChI=1S/C17H18BrNS.C15H14BrNS/c1-4-20-17(14-9-6-10-15(18)11-14)19-16-12(2)7-5-8-13(16)3;1-10-5-3-6-11(2)14(10)17-15(18)12-7-4-8-13(16)9-12/h5-11H,4H2,1-3H3;3-9H,1-2H3,(H,17,18). The number of para-hydroxylation sites is 2. The minimum atomic E-state index is 0.744. The van der Waals surface area contributed by atoms with Crippen molar-refractivity contribution in [3.63, 3.8) is 0 Å². The summed E-state index contributed by atoms with van der Waals surface area (Å²) in [5, 5.41) is 4.41. The molecule has 0 radical (unpaired) electrons. The summed E-state index contributed by atoms with van der Waals surface area (Å²) in [5.41, 5.74) is 9.20. The third kappa shape index (κ3) is 8.63. The van der Waals surface area contributed by atoms with Gasteiger partial charge in [-0.1, -0.05) is 112 Å². The summed E-state index contributed by atoms with van der Waals surface area (Å²) in [6.07, 6.45) is 0. The maximum absolute atomic E-state index is 5.45. The molecule has 1 N–H and O–H groups in total. The van der Waals surface area contributed by atoms with Crippen molar-refractivity contribution < 1.29 is 0 Å². The van der Waals surface area contributed by atoms with Gasteiger partial charge < -0.3 is 5.32 Å². The summed E-state index contributed by atoms with van der Waals surface area (Å²) >= 11 is 14.2. The Kier molecular flexibility index (Phi) is 11.8. The Morgan fingerprint density at radius 2 is 1.21 bits per heavy atom. The van der Waals surface area contributed by atoms with Crippen LogP contribution in [0.4, 0.5) is 11.4 Å². The molecule has 0 bridgehead atoms. The van der Waals surface area contributed by atoms with E-state index < -0.39 is 0 Å². The quantitative estimate of drug-likeness (QED) is 0.130. The number of nitrogens with zero attached hydrogens (tertiary/aromatic N) is 1. The molecule has 0 aliphatic rings. The lowest BCUT2D eigenvalue weighted by Gasteiger charge is -2.13. The number of aryl methyl sites for hydroxylation is 4. The third-order valence-electron chi connectivity index (χ3n) is 5.81. The molecule has 0 heterocycles. The van der Waals surface area contributed by atoms with Crippen molar-refractivity contribution >= 4 is 77.2 Å². The molecule has 4 rings (SSSR count). The lowest BCUT2D eigenvalue weighted by atomic mass is 10.1. The molecule has 2 nitrogen and oxygen atoms in total. The number of anilines is 1. The maximum atomic E-state index is 5.45. The van der Waals surface area contributed by atoms with E-state index >= 15 is 0 Å². The van der Waals surface area contributed by atoms with Crippen molar-refractivity contribution in [1.29, 1.82) is 0 Å². The second-order valence-corrected chi connectivity index (χ2v) is 12.3. The number of benzene rings is 4. The topological polar surface area (TPSA) is 24.4 Å². The molecule has 38 heavy (non-hydrogen) atoms. The van der Waals surface area contributed by atoms with Gasteiger partial charge in [0, 0.05) is 25.8 Å². The number of hydrogen-bond donors (Lipinski definition) is 1. The number of thiocarbonyl (C=S) groups is 1. The first-order chi connectivity index (χ1) is 18.2. The normalized spacial score (nSPS) is 11.0. The summed E-state index contributed by atoms with van der Waals surface area (Å²) < 4.78 is 2.12. The zero-order valence-electron chi connectivity index (χ0n) is 22.3. The van der Waals surface area contributed by atoms with Crippen molar-refractivity contribution in [1.82, 2.24) is 0 Å². The molecule has 0 aromatic heterocycles. The summed E-state index contributed by atoms with van der Waals surface area (Å²) in [6, 6.07) is 28.8. The minimum absolute atomic E-state index is 0.744. The van der Waals surface area contributed by atoms with Crippen molar-refractivity contribution in [2.75, 3.05) is 11.1 Å². The summed E-state index contributed by atoms with van der Waals surface area (Å²) in [5.74, 6) is 1.01. The molecule has 0 saturated heterocycles. The van der Waals surface area contributed by atoms with E-state index in [1.54, 1.807) is 11.8 Å². The van der Waals surface area contributed by atoms with Crippen molar-refractivity contribution in [3.05, 3.63) is 127 Å². The Balaban J connectivity index is 0.000000212. The first kappa shape index (κ1) is 30.3. The Labute approximate surface area is 253 Å². The van der Waals surface area contributed by atoms with Crippen LogP contribution in [-0.4, -0.2) is 15.8 Å². The predicted molar refractivity (Wildman–Crippen MR) is 180 cm³/mol. The van der Waals surface area contributed by atoms with Gasteiger partial charge in [-0.3, -0.25) is 0 Å². The smallest absolute Gasteiger partial charge is 0.111 e. The van der Waals surface area contributed by atoms with Gasteiger partial charge in [-0.15, -0.1) is 11.8 Å². The zero-order chi connectivity index (χ0) is 27.7. The van der Waals surface area contributed by atoms with Gasteiger partial charge in [0.15, 0.2) is 0 Å². The van der Waals surface area contributed by atoms with Crippen LogP contribution in [0.5, 0.6) is 0 Å². The minimum Gasteiger partial charge on any atom is -0.346 e. The fourth-order valence-corrected chi connectivity index (χ4v) is 5.60. The first-order valence-corrected chi connectivity index (χ1v) is 15.3. The molecule has 0 saturated carbocycles. The van der Waals surface area contributed by atoms with E-state index in [9.17, 15) is 0 Å². The van der Waals surface area contributed by atoms with Crippen LogP contribution in [0, 0.1) is 27.7 Å². The number of halogens is 2. The van der Waals surface area contributed by atoms with Gasteiger partial charge in [0.05, 0.1) is 5.69 Å². The van der Waals surface area contributed by atoms with Crippen LogP contribution in [0.25, 0.3) is 0 Å². The van der Waals surface area contributed by atoms with Gasteiger partial charge in [-0.25, -0.2) is 4.99 Å². The molecule has 6 heteroatoms. The van der Waals surface area contributed by atoms with E-state index in [0.29, 0.717) is 0 Å². The van der Waals surface area contributed by atoms with Crippen molar-refractivity contribution in [3.8, 4) is 0 Å². The number of thioether (sulfide) groups is 1. The van der Waals surface area contributed by atoms with Crippen molar-refractivity contribution in [2.45, 2.75) is 34.6 Å². The van der Waals surface area contributed by atoms with Crippen LogP contribution in [0.1, 0.15) is 40.3 Å². The molecule has 0 fully saturated rings. The Morgan fingerprint density at radius 3 is 1.74 bits per heavy atom. The molecule has 0 atom stereocenters. The average molecular weight is 669 g/mol. The number of rotatable bonds is 5. The van der Waals surface area contributed by atoms with Gasteiger partial charge in [0.2, 0.25) is 0 Å². The van der Waals surface area contributed by atoms with Gasteiger partial charge in [-0.05, 0) is 80.0 Å². The molecule has 0 spiro atoms. The SMILES string of the molecule is CCSC(=Nc1c(C)cccc1C)c1cccc(Br)c1.Cc1cccc(C)c1NC(=S)c1cccc(Br)c1. The van der Waals surface area contributed by atoms with E-state index in [0.717, 1.165) is 47.2 Å². The number of hydrogen-bond acceptors (Lipinski definition) is 3. The molecule has 196 valence electrons. The largest absolute Gasteiger partial charge is 0.346 e. The van der Waals surface area contributed by atoms with Gasteiger partial charge in [0.25, 0.3) is 0 Å². The second kappa shape index (κ2) is 14.8. The molecule has 0 amide bonds. The summed E-state index contributed by atoms with van der Waals surface area (Å²) in [6.45, 7) is 10.5. The van der Waals surface area contributed by atoms with Crippen LogP contribution in [-0.2, 0) is 0 Å². The van der Waals surface area contributed by atoms with E-state index in [2.05, 4.69) is 126 Å². The van der Waals surface area contributed by atoms with Crippen LogP contribution in [0.2, 0.25) is 0 Å². The van der Waals surface area contributed by atoms with Gasteiger partial charge in [-0.2, -0.15) is 0 Å². The van der Waals surface area contributed by atoms with Gasteiger partial charge in [0.1, 0.15) is 10.0 Å². The van der Waals surface area contributed by atoms with Crippen LogP contribution in [0.3, 0.4) is 0 Å². The van der Waals surface area contributed by atoms with E-state index in [1.807, 2.05) is 30.3 Å². The van der Waals surface area contributed by atoms with Crippen LogP contribution < -0.4 is 5.32 Å². The van der Waals surface area contributed by atoms with Crippen LogP contribution >= 0.6 is 55.8 Å². The van der Waals surface area contributed by atoms with E-state index in [1.165, 1.54) is 22.3 Å². The zero-order valence-corrected chi connectivity index (χ0v) is 27.1. The molecule has 4 aromatic carbocycles. The molecule has 4 aromatic rings. The fraction of sp³-hybridized carbons (Fsp3) is 0.188.